The number of fused-ring (bicyclic) bond motifs is 3. The van der Waals surface area contributed by atoms with Gasteiger partial charge in [-0.15, -0.1) is 5.75 Å². The number of amides is 2. The monoisotopic (exact) mass is 870 g/mol. The van der Waals surface area contributed by atoms with Crippen molar-refractivity contribution in [2.75, 3.05) is 29.5 Å². The molecular weight excluding hydrogens is 837 g/mol. The fraction of sp³-hybridized carbons (Fsp3) is 0.143. The summed E-state index contributed by atoms with van der Waals surface area (Å²) in [4.78, 5) is 88.7. The molecule has 0 saturated heterocycles. The molecule has 0 unspecified atom stereocenters. The van der Waals surface area contributed by atoms with Crippen molar-refractivity contribution in [2.45, 2.75) is 25.4 Å². The number of carboxylic acid groups (broad SMARTS) is 2. The predicted molar refractivity (Wildman–Crippen MR) is 230 cm³/mol. The maximum Gasteiger partial charge on any atom is 0.336 e. The van der Waals surface area contributed by atoms with Gasteiger partial charge in [0, 0.05) is 59.0 Å². The summed E-state index contributed by atoms with van der Waals surface area (Å²) in [6.45, 7) is 0.404. The van der Waals surface area contributed by atoms with E-state index in [2.05, 4.69) is 46.5 Å². The number of nitrogens with one attached hydrogen (secondary N) is 6. The molecule has 63 heavy (non-hydrogen) atoms. The number of aromatic amines is 1. The molecule has 3 aromatic carbocycles. The summed E-state index contributed by atoms with van der Waals surface area (Å²) in [5.41, 5.74) is 7.63. The van der Waals surface area contributed by atoms with Crippen LogP contribution in [0.2, 0.25) is 0 Å². The zero-order valence-electron chi connectivity index (χ0n) is 32.6. The SMILES string of the molecule is Nc1nc2ncc(CNc3ccc(C(=O)N[C@@H](CCC(=O)NCCNC(=S)Nc4ccc(-c5c6ccc(=O)cc-6oc6cc([O-])ccc56)c(C(=O)O)c4)C(=O)[O-])cc3)nc2c(=O)[nH]1. The average molecular weight is 871 g/mol. The molecule has 1 atom stereocenters. The van der Waals surface area contributed by atoms with Gasteiger partial charge in [0.25, 0.3) is 11.5 Å². The van der Waals surface area contributed by atoms with Gasteiger partial charge in [-0.1, -0.05) is 18.2 Å². The van der Waals surface area contributed by atoms with Crippen LogP contribution in [0.15, 0.2) is 99.1 Å². The van der Waals surface area contributed by atoms with Crippen molar-refractivity contribution >= 4 is 80.5 Å². The van der Waals surface area contributed by atoms with Gasteiger partial charge in [0.05, 0.1) is 36.0 Å². The molecule has 2 amide bonds. The highest BCUT2D eigenvalue weighted by Crippen LogP contribution is 2.42. The van der Waals surface area contributed by atoms with E-state index in [1.165, 1.54) is 60.8 Å². The summed E-state index contributed by atoms with van der Waals surface area (Å²) in [6.07, 6.45) is 0.930. The van der Waals surface area contributed by atoms with Crippen molar-refractivity contribution in [2.24, 2.45) is 0 Å². The molecule has 320 valence electrons. The van der Waals surface area contributed by atoms with Gasteiger partial charge in [-0.25, -0.2) is 14.8 Å². The summed E-state index contributed by atoms with van der Waals surface area (Å²) < 4.78 is 5.83. The average Bonchev–Trinajstić information content (AvgIpc) is 3.25. The van der Waals surface area contributed by atoms with Crippen LogP contribution in [-0.2, 0) is 16.1 Å². The molecule has 0 radical (unpaired) electrons. The van der Waals surface area contributed by atoms with E-state index >= 15 is 0 Å². The number of nitrogen functional groups attached to an aromatic ring is 1. The smallest absolute Gasteiger partial charge is 0.336 e. The number of nitrogens with zero attached hydrogens (tertiary/aromatic N) is 3. The summed E-state index contributed by atoms with van der Waals surface area (Å²) in [5.74, 6) is -4.24. The van der Waals surface area contributed by atoms with Gasteiger partial charge in [-0.2, -0.15) is 4.98 Å². The Balaban J connectivity index is 0.874. The Morgan fingerprint density at radius 1 is 0.905 bits per heavy atom. The van der Waals surface area contributed by atoms with Crippen LogP contribution in [0.4, 0.5) is 17.3 Å². The number of nitrogens with two attached hydrogens (primary N) is 1. The molecule has 0 saturated carbocycles. The third kappa shape index (κ3) is 10.1. The molecule has 9 N–H and O–H groups in total. The highest BCUT2D eigenvalue weighted by atomic mass is 32.1. The molecule has 1 aliphatic heterocycles. The van der Waals surface area contributed by atoms with Crippen LogP contribution in [0.3, 0.4) is 0 Å². The van der Waals surface area contributed by atoms with Gasteiger partial charge in [0.2, 0.25) is 11.9 Å². The highest BCUT2D eigenvalue weighted by Gasteiger charge is 2.23. The number of carboxylic acids is 2. The first-order valence-corrected chi connectivity index (χ1v) is 19.4. The number of carbonyl (C=O) groups excluding carboxylic acids is 3. The number of anilines is 3. The van der Waals surface area contributed by atoms with Crippen molar-refractivity contribution in [1.82, 2.24) is 35.9 Å². The standard InChI is InChI=1S/C42H36N10O10S/c43-41-51-36-35(38(57)52-41)48-23(19-47-36)18-46-21-3-1-20(2-4-21)37(56)50-30(40(60)61)11-12-33(55)44-13-14-45-42(63)49-22-5-8-26(29(15-22)39(58)59)34-27-9-6-24(53)16-31(27)62-32-17-25(54)7-10-28(32)34/h1-10,15-17,19,30,46,53H,11-14,18H2,(H,44,55)(H,50,56)(H,58,59)(H,60,61)(H2,45,49,63)(H3,43,47,51,52,57)/p-2/t30-/m0/s1. The third-order valence-electron chi connectivity index (χ3n) is 9.53. The Bertz CT molecular complexity index is 3030. The van der Waals surface area contributed by atoms with Crippen molar-refractivity contribution in [1.29, 1.82) is 0 Å². The number of aromatic nitrogens is 4. The molecule has 1 aliphatic carbocycles. The van der Waals surface area contributed by atoms with E-state index in [1.54, 1.807) is 24.3 Å². The molecule has 0 spiro atoms. The van der Waals surface area contributed by atoms with E-state index in [9.17, 15) is 44.1 Å². The van der Waals surface area contributed by atoms with E-state index in [1.807, 2.05) is 0 Å². The number of hydrogen-bond acceptors (Lipinski definition) is 15. The second-order valence-corrected chi connectivity index (χ2v) is 14.3. The van der Waals surface area contributed by atoms with E-state index in [4.69, 9.17) is 22.4 Å². The summed E-state index contributed by atoms with van der Waals surface area (Å²) >= 11 is 5.37. The molecule has 0 bridgehead atoms. The minimum Gasteiger partial charge on any atom is -0.872 e. The fourth-order valence-electron chi connectivity index (χ4n) is 6.55. The zero-order valence-corrected chi connectivity index (χ0v) is 33.5. The van der Waals surface area contributed by atoms with Gasteiger partial charge in [0.15, 0.2) is 21.7 Å². The number of carbonyl (C=O) groups is 4. The van der Waals surface area contributed by atoms with Gasteiger partial charge >= 0.3 is 5.97 Å². The Labute approximate surface area is 359 Å². The minimum atomic E-state index is -1.57. The molecule has 20 nitrogen and oxygen atoms in total. The Kier molecular flexibility index (Phi) is 12.5. The number of aliphatic carboxylic acids is 1. The van der Waals surface area contributed by atoms with Crippen LogP contribution >= 0.6 is 12.2 Å². The number of H-pyrrole nitrogens is 1. The number of rotatable bonds is 15. The lowest BCUT2D eigenvalue weighted by Gasteiger charge is -2.20. The summed E-state index contributed by atoms with van der Waals surface area (Å²) in [6, 6.07) is 17.5. The first kappa shape index (κ1) is 42.7. The van der Waals surface area contributed by atoms with Gasteiger partial charge in [0.1, 0.15) is 11.3 Å². The lowest BCUT2D eigenvalue weighted by molar-refractivity contribution is -0.308. The van der Waals surface area contributed by atoms with Gasteiger partial charge < -0.3 is 56.8 Å². The normalized spacial score (nSPS) is 11.5. The van der Waals surface area contributed by atoms with Crippen LogP contribution in [0.1, 0.15) is 39.3 Å². The Morgan fingerprint density at radius 3 is 2.41 bits per heavy atom. The topological polar surface area (TPSA) is 323 Å². The second-order valence-electron chi connectivity index (χ2n) is 13.9. The number of thiocarbonyl (C=S) groups is 1. The highest BCUT2D eigenvalue weighted by molar-refractivity contribution is 7.80. The molecule has 5 aromatic rings. The van der Waals surface area contributed by atoms with Gasteiger partial charge in [-0.05, 0) is 78.8 Å². The minimum absolute atomic E-state index is 0.0259. The van der Waals surface area contributed by atoms with Crippen molar-refractivity contribution in [3.8, 4) is 28.2 Å². The lowest BCUT2D eigenvalue weighted by Crippen LogP contribution is -2.48. The zero-order chi connectivity index (χ0) is 44.8. The van der Waals surface area contributed by atoms with E-state index in [0.717, 1.165) is 0 Å². The van der Waals surface area contributed by atoms with Crippen molar-refractivity contribution < 1.29 is 38.9 Å². The number of aromatic carboxylic acids is 1. The third-order valence-corrected chi connectivity index (χ3v) is 9.78. The summed E-state index contributed by atoms with van der Waals surface area (Å²) in [7, 11) is 0. The predicted octanol–water partition coefficient (Wildman–Crippen LogP) is 1.29. The molecule has 2 aromatic heterocycles. The van der Waals surface area contributed by atoms with Gasteiger partial charge in [-0.3, -0.25) is 24.2 Å². The van der Waals surface area contributed by atoms with Crippen molar-refractivity contribution in [3.05, 3.63) is 122 Å². The number of hydrogen-bond donors (Lipinski definition) is 8. The molecule has 21 heteroatoms. The largest absolute Gasteiger partial charge is 0.872 e. The maximum atomic E-state index is 12.9. The summed E-state index contributed by atoms with van der Waals surface area (Å²) in [5, 5.41) is 48.6. The quantitative estimate of drug-likeness (QED) is 0.0409. The Hall–Kier alpha value is -8.46. The first-order chi connectivity index (χ1) is 30.2. The van der Waals surface area contributed by atoms with E-state index in [-0.39, 0.29) is 88.3 Å². The molecule has 2 aliphatic rings. The van der Waals surface area contributed by atoms with Crippen LogP contribution < -0.4 is 53.5 Å². The van der Waals surface area contributed by atoms with Crippen molar-refractivity contribution in [3.63, 3.8) is 0 Å². The second kappa shape index (κ2) is 18.4. The Morgan fingerprint density at radius 2 is 1.65 bits per heavy atom. The molecule has 3 heterocycles. The van der Waals surface area contributed by atoms with Crippen LogP contribution in [0.25, 0.3) is 44.6 Å². The van der Waals surface area contributed by atoms with E-state index < -0.39 is 35.4 Å². The van der Waals surface area contributed by atoms with Crippen LogP contribution in [0.5, 0.6) is 5.75 Å². The van der Waals surface area contributed by atoms with E-state index in [0.29, 0.717) is 39.1 Å². The first-order valence-electron chi connectivity index (χ1n) is 19.0. The number of benzene rings is 4. The molecule has 0 fully saturated rings. The maximum absolute atomic E-state index is 12.9. The lowest BCUT2D eigenvalue weighted by atomic mass is 9.90. The van der Waals surface area contributed by atoms with Crippen LogP contribution in [0, 0.1) is 0 Å². The fourth-order valence-corrected chi connectivity index (χ4v) is 6.77. The molecular formula is C42H34N10O10S-2. The van der Waals surface area contributed by atoms with Crippen LogP contribution in [-0.4, -0.2) is 73.0 Å². The molecule has 7 rings (SSSR count).